The molecule has 10 nitrogen and oxygen atoms in total. The molecular weight excluding hydrogens is 342 g/mol. The smallest absolute Gasteiger partial charge is 0.280 e. The van der Waals surface area contributed by atoms with Crippen LogP contribution in [0, 0.1) is 11.8 Å². The Balaban J connectivity index is 2.03. The van der Waals surface area contributed by atoms with Crippen molar-refractivity contribution < 1.29 is 19.7 Å². The van der Waals surface area contributed by atoms with E-state index in [1.807, 2.05) is 6.92 Å². The van der Waals surface area contributed by atoms with E-state index in [4.69, 9.17) is 4.74 Å². The van der Waals surface area contributed by atoms with Gasteiger partial charge in [-0.15, -0.1) is 0 Å². The Morgan fingerprint density at radius 3 is 2.88 bits per heavy atom. The van der Waals surface area contributed by atoms with Gasteiger partial charge in [-0.1, -0.05) is 20.8 Å². The van der Waals surface area contributed by atoms with Crippen LogP contribution in [-0.2, 0) is 15.4 Å². The maximum atomic E-state index is 12.2. The number of aliphatic hydroxyl groups excluding tert-OH is 1. The lowest BCUT2D eigenvalue weighted by Gasteiger charge is -2.24. The van der Waals surface area contributed by atoms with Crippen molar-refractivity contribution in [1.82, 2.24) is 19.5 Å². The van der Waals surface area contributed by atoms with Crippen molar-refractivity contribution in [1.29, 1.82) is 0 Å². The second kappa shape index (κ2) is 6.78. The molecule has 3 rings (SSSR count). The van der Waals surface area contributed by atoms with Crippen LogP contribution in [0.4, 0.5) is 5.95 Å². The average Bonchev–Trinajstić information content (AvgIpc) is 3.16. The van der Waals surface area contributed by atoms with Gasteiger partial charge in [-0.05, 0) is 6.42 Å². The summed E-state index contributed by atoms with van der Waals surface area (Å²) in [6.07, 6.45) is 1.69. The molecule has 26 heavy (non-hydrogen) atoms. The molecule has 0 unspecified atom stereocenters. The molecule has 0 saturated carbocycles. The number of rotatable bonds is 5. The molecule has 10 heteroatoms. The summed E-state index contributed by atoms with van der Waals surface area (Å²) < 4.78 is 7.00. The normalized spacial score (nSPS) is 25.9. The predicted molar refractivity (Wildman–Crippen MR) is 92.2 cm³/mol. The molecule has 0 aliphatic carbocycles. The van der Waals surface area contributed by atoms with Gasteiger partial charge in [0.15, 0.2) is 11.2 Å². The zero-order chi connectivity index (χ0) is 19.1. The number of hydrogen-bond donors (Lipinski definition) is 4. The molecule has 2 aromatic heterocycles. The summed E-state index contributed by atoms with van der Waals surface area (Å²) in [5.41, 5.74) is -0.436. The van der Waals surface area contributed by atoms with Gasteiger partial charge in [0.2, 0.25) is 11.9 Å². The molecule has 0 spiro atoms. The van der Waals surface area contributed by atoms with Gasteiger partial charge in [0.25, 0.3) is 11.5 Å². The van der Waals surface area contributed by atoms with E-state index < -0.39 is 11.5 Å². The van der Waals surface area contributed by atoms with Crippen molar-refractivity contribution >= 4 is 23.0 Å². The fraction of sp³-hybridized carbons (Fsp3) is 0.625. The lowest BCUT2D eigenvalue weighted by Crippen LogP contribution is -2.33. The van der Waals surface area contributed by atoms with Crippen LogP contribution in [0.25, 0.3) is 11.2 Å². The second-order valence-electron chi connectivity index (χ2n) is 6.80. The molecule has 4 N–H and O–H groups in total. The van der Waals surface area contributed by atoms with E-state index in [1.54, 1.807) is 13.8 Å². The topological polar surface area (TPSA) is 142 Å². The monoisotopic (exact) mass is 365 g/mol. The van der Waals surface area contributed by atoms with E-state index >= 15 is 0 Å². The van der Waals surface area contributed by atoms with Crippen molar-refractivity contribution in [3.05, 3.63) is 16.7 Å². The Morgan fingerprint density at radius 2 is 2.31 bits per heavy atom. The van der Waals surface area contributed by atoms with Gasteiger partial charge in [-0.3, -0.25) is 24.5 Å². The number of fused-ring (bicyclic) bond motifs is 1. The molecule has 3 heterocycles. The standard InChI is InChI=1S/C16H23N5O5/c1-4-10-9(6-22)5-16(25,26-10)21-7-17-11-12(21)18-15(20-14(11)24)19-13(23)8(2)3/h7-10,22,25H,4-6H2,1-3H3,(H2,18,19,20,23,24)/t9-,10-,16-/m1/s1. The molecule has 0 bridgehead atoms. The van der Waals surface area contributed by atoms with Crippen LogP contribution in [0.3, 0.4) is 0 Å². The van der Waals surface area contributed by atoms with Gasteiger partial charge in [0, 0.05) is 24.9 Å². The summed E-state index contributed by atoms with van der Waals surface area (Å²) in [5, 5.41) is 23.0. The maximum absolute atomic E-state index is 12.2. The number of hydrogen-bond acceptors (Lipinski definition) is 7. The molecule has 1 amide bonds. The molecule has 0 radical (unpaired) electrons. The number of nitrogens with zero attached hydrogens (tertiary/aromatic N) is 3. The van der Waals surface area contributed by atoms with Crippen molar-refractivity contribution in [2.45, 2.75) is 45.6 Å². The highest BCUT2D eigenvalue weighted by molar-refractivity contribution is 5.91. The Kier molecular flexibility index (Phi) is 4.82. The molecule has 1 saturated heterocycles. The number of imidazole rings is 1. The van der Waals surface area contributed by atoms with Crippen molar-refractivity contribution in [2.75, 3.05) is 11.9 Å². The summed E-state index contributed by atoms with van der Waals surface area (Å²) >= 11 is 0. The number of ether oxygens (including phenoxy) is 1. The third-order valence-electron chi connectivity index (χ3n) is 4.58. The van der Waals surface area contributed by atoms with Crippen molar-refractivity contribution in [2.24, 2.45) is 11.8 Å². The number of carbonyl (C=O) groups is 1. The molecule has 3 atom stereocenters. The van der Waals surface area contributed by atoms with E-state index in [9.17, 15) is 19.8 Å². The minimum Gasteiger partial charge on any atom is -0.396 e. The highest BCUT2D eigenvalue weighted by Gasteiger charge is 2.46. The maximum Gasteiger partial charge on any atom is 0.280 e. The first-order chi connectivity index (χ1) is 12.3. The fourth-order valence-corrected chi connectivity index (χ4v) is 3.10. The summed E-state index contributed by atoms with van der Waals surface area (Å²) in [4.78, 5) is 34.8. The van der Waals surface area contributed by atoms with Crippen LogP contribution >= 0.6 is 0 Å². The molecule has 1 fully saturated rings. The second-order valence-corrected chi connectivity index (χ2v) is 6.80. The van der Waals surface area contributed by atoms with Crippen LogP contribution in [0.2, 0.25) is 0 Å². The quantitative estimate of drug-likeness (QED) is 0.589. The average molecular weight is 365 g/mol. The SMILES string of the molecule is CC[C@H]1O[C@@](O)(n2cnc3c(=O)[nH]c(NC(=O)C(C)C)nc32)C[C@@H]1CO. The van der Waals surface area contributed by atoms with Gasteiger partial charge in [0.05, 0.1) is 6.10 Å². The van der Waals surface area contributed by atoms with Crippen molar-refractivity contribution in [3.8, 4) is 0 Å². The van der Waals surface area contributed by atoms with Gasteiger partial charge < -0.3 is 14.9 Å². The minimum atomic E-state index is -1.77. The molecular formula is C16H23N5O5. The van der Waals surface area contributed by atoms with Gasteiger partial charge >= 0.3 is 0 Å². The third kappa shape index (κ3) is 3.11. The molecule has 1 aliphatic heterocycles. The number of amides is 1. The number of aliphatic hydroxyl groups is 2. The molecule has 0 aromatic carbocycles. The first kappa shape index (κ1) is 18.5. The van der Waals surface area contributed by atoms with Gasteiger partial charge in [-0.25, -0.2) is 4.98 Å². The van der Waals surface area contributed by atoms with Gasteiger partial charge in [-0.2, -0.15) is 4.98 Å². The molecule has 1 aliphatic rings. The number of H-pyrrole nitrogens is 1. The molecule has 142 valence electrons. The van der Waals surface area contributed by atoms with Crippen LogP contribution < -0.4 is 10.9 Å². The first-order valence-corrected chi connectivity index (χ1v) is 8.58. The van der Waals surface area contributed by atoms with E-state index in [0.717, 1.165) is 0 Å². The Labute approximate surface area is 149 Å². The largest absolute Gasteiger partial charge is 0.396 e. The summed E-state index contributed by atoms with van der Waals surface area (Å²) in [5.74, 6) is -2.65. The number of aromatic amines is 1. The molecule has 2 aromatic rings. The predicted octanol–water partition coefficient (Wildman–Crippen LogP) is 0.124. The lowest BCUT2D eigenvalue weighted by atomic mass is 9.99. The van der Waals surface area contributed by atoms with Crippen LogP contribution in [0.5, 0.6) is 0 Å². The zero-order valence-electron chi connectivity index (χ0n) is 14.9. The summed E-state index contributed by atoms with van der Waals surface area (Å²) in [6.45, 7) is 5.20. The highest BCUT2D eigenvalue weighted by Crippen LogP contribution is 2.39. The van der Waals surface area contributed by atoms with Crippen LogP contribution in [-0.4, -0.2) is 48.4 Å². The number of nitrogens with one attached hydrogen (secondary N) is 2. The highest BCUT2D eigenvalue weighted by atomic mass is 16.7. The van der Waals surface area contributed by atoms with Crippen molar-refractivity contribution in [3.63, 3.8) is 0 Å². The third-order valence-corrected chi connectivity index (χ3v) is 4.58. The van der Waals surface area contributed by atoms with E-state index in [0.29, 0.717) is 6.42 Å². The van der Waals surface area contributed by atoms with E-state index in [1.165, 1.54) is 10.9 Å². The Morgan fingerprint density at radius 1 is 1.58 bits per heavy atom. The lowest BCUT2D eigenvalue weighted by molar-refractivity contribution is -0.250. The number of carbonyl (C=O) groups excluding carboxylic acids is 1. The zero-order valence-corrected chi connectivity index (χ0v) is 14.9. The van der Waals surface area contributed by atoms with E-state index in [-0.39, 0.29) is 54.0 Å². The van der Waals surface area contributed by atoms with Crippen LogP contribution in [0.1, 0.15) is 33.6 Å². The minimum absolute atomic E-state index is 0.0186. The fourth-order valence-electron chi connectivity index (χ4n) is 3.10. The van der Waals surface area contributed by atoms with E-state index in [2.05, 4.69) is 20.3 Å². The summed E-state index contributed by atoms with van der Waals surface area (Å²) in [7, 11) is 0. The first-order valence-electron chi connectivity index (χ1n) is 8.58. The number of anilines is 1. The van der Waals surface area contributed by atoms with Crippen LogP contribution in [0.15, 0.2) is 11.1 Å². The Bertz CT molecular complexity index is 862. The summed E-state index contributed by atoms with van der Waals surface area (Å²) in [6, 6.07) is 0. The Hall–Kier alpha value is -2.30. The van der Waals surface area contributed by atoms with Gasteiger partial charge in [0.1, 0.15) is 6.33 Å². The number of aromatic nitrogens is 4.